The second kappa shape index (κ2) is 3.87. The molecule has 0 spiro atoms. The lowest BCUT2D eigenvalue weighted by atomic mass is 10.2. The quantitative estimate of drug-likeness (QED) is 0.584. The van der Waals surface area contributed by atoms with Crippen LogP contribution in [0.3, 0.4) is 0 Å². The highest BCUT2D eigenvalue weighted by Gasteiger charge is 2.26. The molecule has 1 heterocycles. The molecule has 0 aromatic carbocycles. The molecule has 0 aliphatic carbocycles. The van der Waals surface area contributed by atoms with Gasteiger partial charge in [-0.05, 0) is 13.8 Å². The summed E-state index contributed by atoms with van der Waals surface area (Å²) in [6, 6.07) is 0.164. The van der Waals surface area contributed by atoms with Gasteiger partial charge in [0, 0.05) is 6.54 Å². The Kier molecular flexibility index (Phi) is 3.05. The van der Waals surface area contributed by atoms with Gasteiger partial charge >= 0.3 is 0 Å². The molecule has 1 saturated heterocycles. The van der Waals surface area contributed by atoms with Crippen LogP contribution < -0.4 is 5.73 Å². The summed E-state index contributed by atoms with van der Waals surface area (Å²) in [7, 11) is 0. The van der Waals surface area contributed by atoms with E-state index in [1.807, 2.05) is 13.8 Å². The van der Waals surface area contributed by atoms with Crippen LogP contribution in [0.2, 0.25) is 0 Å². The molecule has 0 bridgehead atoms. The first-order valence-electron chi connectivity index (χ1n) is 4.26. The Bertz CT molecular complexity index is 172. The van der Waals surface area contributed by atoms with Crippen molar-refractivity contribution in [2.45, 2.75) is 26.0 Å². The molecular weight excluding hydrogens is 156 g/mol. The van der Waals surface area contributed by atoms with Gasteiger partial charge in [-0.25, -0.2) is 0 Å². The molecule has 0 aromatic heterocycles. The number of ether oxygens (including phenoxy) is 1. The van der Waals surface area contributed by atoms with E-state index in [0.29, 0.717) is 13.2 Å². The van der Waals surface area contributed by atoms with E-state index in [2.05, 4.69) is 0 Å². The van der Waals surface area contributed by atoms with Crippen molar-refractivity contribution in [2.75, 3.05) is 19.7 Å². The average Bonchev–Trinajstić information content (AvgIpc) is 2.08. The van der Waals surface area contributed by atoms with E-state index in [1.54, 1.807) is 4.90 Å². The summed E-state index contributed by atoms with van der Waals surface area (Å²) in [5, 5.41) is 0. The topological polar surface area (TPSA) is 55.6 Å². The lowest BCUT2D eigenvalue weighted by Crippen LogP contribution is -2.51. The Balaban J connectivity index is 2.54. The van der Waals surface area contributed by atoms with Crippen molar-refractivity contribution < 1.29 is 9.53 Å². The maximum atomic E-state index is 11.3. The van der Waals surface area contributed by atoms with E-state index in [-0.39, 0.29) is 24.6 Å². The van der Waals surface area contributed by atoms with E-state index < -0.39 is 0 Å². The fourth-order valence-corrected chi connectivity index (χ4v) is 1.37. The molecule has 4 heteroatoms. The second-order valence-corrected chi connectivity index (χ2v) is 3.24. The molecule has 1 fully saturated rings. The Hall–Kier alpha value is -0.610. The lowest BCUT2D eigenvalue weighted by Gasteiger charge is -2.36. The number of carbonyl (C=O) groups excluding carboxylic acids is 1. The van der Waals surface area contributed by atoms with Gasteiger partial charge in [-0.15, -0.1) is 0 Å². The highest BCUT2D eigenvalue weighted by Crippen LogP contribution is 2.10. The van der Waals surface area contributed by atoms with Crippen LogP contribution in [-0.2, 0) is 9.53 Å². The first kappa shape index (κ1) is 9.48. The van der Waals surface area contributed by atoms with Crippen LogP contribution in [0.4, 0.5) is 0 Å². The number of carbonyl (C=O) groups is 1. The van der Waals surface area contributed by atoms with Crippen LogP contribution in [0.5, 0.6) is 0 Å². The molecule has 1 rings (SSSR count). The number of rotatable bonds is 1. The Labute approximate surface area is 72.7 Å². The van der Waals surface area contributed by atoms with E-state index >= 15 is 0 Å². The van der Waals surface area contributed by atoms with Crippen molar-refractivity contribution in [3.05, 3.63) is 0 Å². The predicted octanol–water partition coefficient (Wildman–Crippen LogP) is -0.419. The largest absolute Gasteiger partial charge is 0.375 e. The van der Waals surface area contributed by atoms with Crippen molar-refractivity contribution in [2.24, 2.45) is 5.73 Å². The minimum absolute atomic E-state index is 0.0117. The maximum Gasteiger partial charge on any atom is 0.236 e. The van der Waals surface area contributed by atoms with Crippen molar-refractivity contribution >= 4 is 5.91 Å². The first-order valence-corrected chi connectivity index (χ1v) is 4.26. The van der Waals surface area contributed by atoms with Crippen molar-refractivity contribution in [3.63, 3.8) is 0 Å². The summed E-state index contributed by atoms with van der Waals surface area (Å²) in [4.78, 5) is 13.1. The van der Waals surface area contributed by atoms with Gasteiger partial charge in [-0.2, -0.15) is 0 Å². The second-order valence-electron chi connectivity index (χ2n) is 3.24. The third kappa shape index (κ3) is 1.95. The summed E-state index contributed by atoms with van der Waals surface area (Å²) in [6.07, 6.45) is 0.136. The minimum atomic E-state index is 0.0117. The molecule has 0 radical (unpaired) electrons. The predicted molar refractivity (Wildman–Crippen MR) is 45.6 cm³/mol. The summed E-state index contributed by atoms with van der Waals surface area (Å²) in [5.74, 6) is 0.0117. The standard InChI is InChI=1S/C8H16N2O2/c1-6-5-12-7(2)4-10(6)8(11)3-9/h6-7H,3-5,9H2,1-2H3. The summed E-state index contributed by atoms with van der Waals surface area (Å²) < 4.78 is 5.38. The number of nitrogens with two attached hydrogens (primary N) is 1. The van der Waals surface area contributed by atoms with Crippen LogP contribution in [0.15, 0.2) is 0 Å². The highest BCUT2D eigenvalue weighted by atomic mass is 16.5. The summed E-state index contributed by atoms with van der Waals surface area (Å²) in [5.41, 5.74) is 5.28. The number of hydrogen-bond donors (Lipinski definition) is 1. The average molecular weight is 172 g/mol. The third-order valence-electron chi connectivity index (χ3n) is 2.10. The SMILES string of the molecule is CC1CN(C(=O)CN)C(C)CO1. The number of amides is 1. The van der Waals surface area contributed by atoms with Gasteiger partial charge in [0.1, 0.15) is 0 Å². The van der Waals surface area contributed by atoms with Gasteiger partial charge in [0.05, 0.1) is 25.3 Å². The minimum Gasteiger partial charge on any atom is -0.375 e. The highest BCUT2D eigenvalue weighted by molar-refractivity contribution is 5.78. The van der Waals surface area contributed by atoms with Crippen LogP contribution in [-0.4, -0.2) is 42.6 Å². The van der Waals surface area contributed by atoms with Crippen LogP contribution >= 0.6 is 0 Å². The fourth-order valence-electron chi connectivity index (χ4n) is 1.37. The molecule has 1 aliphatic heterocycles. The molecule has 70 valence electrons. The van der Waals surface area contributed by atoms with Crippen LogP contribution in [0.1, 0.15) is 13.8 Å². The zero-order valence-corrected chi connectivity index (χ0v) is 7.62. The summed E-state index contributed by atoms with van der Waals surface area (Å²) in [6.45, 7) is 5.31. The van der Waals surface area contributed by atoms with Crippen molar-refractivity contribution in [1.29, 1.82) is 0 Å². The molecule has 12 heavy (non-hydrogen) atoms. The molecule has 2 unspecified atom stereocenters. The fraction of sp³-hybridized carbons (Fsp3) is 0.875. The molecule has 1 amide bonds. The molecule has 0 aromatic rings. The van der Waals surface area contributed by atoms with E-state index in [0.717, 1.165) is 0 Å². The first-order chi connectivity index (χ1) is 5.65. The number of morpholine rings is 1. The van der Waals surface area contributed by atoms with Crippen molar-refractivity contribution in [1.82, 2.24) is 4.90 Å². The monoisotopic (exact) mass is 172 g/mol. The molecule has 2 N–H and O–H groups in total. The summed E-state index contributed by atoms with van der Waals surface area (Å²) >= 11 is 0. The third-order valence-corrected chi connectivity index (χ3v) is 2.10. The van der Waals surface area contributed by atoms with Crippen molar-refractivity contribution in [3.8, 4) is 0 Å². The van der Waals surface area contributed by atoms with E-state index in [4.69, 9.17) is 10.5 Å². The molecule has 0 saturated carbocycles. The molecular formula is C8H16N2O2. The lowest BCUT2D eigenvalue weighted by molar-refractivity contribution is -0.141. The van der Waals surface area contributed by atoms with Gasteiger partial charge in [0.25, 0.3) is 0 Å². The zero-order valence-electron chi connectivity index (χ0n) is 7.62. The van der Waals surface area contributed by atoms with E-state index in [1.165, 1.54) is 0 Å². The van der Waals surface area contributed by atoms with Gasteiger partial charge < -0.3 is 15.4 Å². The molecule has 2 atom stereocenters. The van der Waals surface area contributed by atoms with Crippen LogP contribution in [0, 0.1) is 0 Å². The zero-order chi connectivity index (χ0) is 9.14. The maximum absolute atomic E-state index is 11.3. The Morgan fingerprint density at radius 3 is 2.92 bits per heavy atom. The van der Waals surface area contributed by atoms with Gasteiger partial charge in [0.2, 0.25) is 5.91 Å². The molecule has 4 nitrogen and oxygen atoms in total. The number of nitrogens with zero attached hydrogens (tertiary/aromatic N) is 1. The van der Waals surface area contributed by atoms with Gasteiger partial charge in [0.15, 0.2) is 0 Å². The van der Waals surface area contributed by atoms with Gasteiger partial charge in [-0.3, -0.25) is 4.79 Å². The Morgan fingerprint density at radius 1 is 1.67 bits per heavy atom. The Morgan fingerprint density at radius 2 is 2.33 bits per heavy atom. The smallest absolute Gasteiger partial charge is 0.236 e. The molecule has 1 aliphatic rings. The number of hydrogen-bond acceptors (Lipinski definition) is 3. The normalized spacial score (nSPS) is 30.4. The van der Waals surface area contributed by atoms with Gasteiger partial charge in [-0.1, -0.05) is 0 Å². The van der Waals surface area contributed by atoms with E-state index in [9.17, 15) is 4.79 Å². The van der Waals surface area contributed by atoms with Crippen LogP contribution in [0.25, 0.3) is 0 Å².